The molecule has 0 radical (unpaired) electrons. The first-order valence-corrected chi connectivity index (χ1v) is 5.84. The van der Waals surface area contributed by atoms with Crippen LogP contribution in [0.2, 0.25) is 0 Å². The Morgan fingerprint density at radius 1 is 1.44 bits per heavy atom. The minimum Gasteiger partial charge on any atom is -0.490 e. The molecule has 0 amide bonds. The molecular formula is C12H15NO2S. The van der Waals surface area contributed by atoms with Crippen LogP contribution in [0.5, 0.6) is 5.75 Å². The van der Waals surface area contributed by atoms with Crippen molar-refractivity contribution >= 4 is 17.4 Å². The smallest absolute Gasteiger partial charge is 0.259 e. The first kappa shape index (κ1) is 11.2. The standard InChI is InChI=1S/C12H15NO2S/c1-2-13-8-11(15-12(13)16)9-14-10-6-4-3-5-7-10/h3-7,11H,2,8-9H2,1H3. The Bertz CT molecular complexity index is 355. The predicted octanol–water partition coefficient (Wildman–Crippen LogP) is 2.07. The molecule has 0 spiro atoms. The zero-order chi connectivity index (χ0) is 11.4. The van der Waals surface area contributed by atoms with E-state index in [9.17, 15) is 0 Å². The van der Waals surface area contributed by atoms with Crippen LogP contribution in [-0.4, -0.2) is 35.9 Å². The molecule has 3 nitrogen and oxygen atoms in total. The number of ether oxygens (including phenoxy) is 2. The molecule has 2 rings (SSSR count). The second kappa shape index (κ2) is 5.16. The van der Waals surface area contributed by atoms with Gasteiger partial charge in [0, 0.05) is 6.54 Å². The number of para-hydroxylation sites is 1. The Hall–Kier alpha value is -1.29. The van der Waals surface area contributed by atoms with Crippen LogP contribution in [0, 0.1) is 0 Å². The molecule has 1 aromatic rings. The molecule has 1 heterocycles. The van der Waals surface area contributed by atoms with Gasteiger partial charge in [-0.2, -0.15) is 0 Å². The van der Waals surface area contributed by atoms with Gasteiger partial charge in [-0.3, -0.25) is 0 Å². The van der Waals surface area contributed by atoms with Gasteiger partial charge in [-0.1, -0.05) is 18.2 Å². The van der Waals surface area contributed by atoms with E-state index >= 15 is 0 Å². The molecule has 1 fully saturated rings. The van der Waals surface area contributed by atoms with Gasteiger partial charge in [-0.25, -0.2) is 0 Å². The van der Waals surface area contributed by atoms with Crippen LogP contribution in [-0.2, 0) is 4.74 Å². The average Bonchev–Trinajstić information content (AvgIpc) is 2.69. The maximum Gasteiger partial charge on any atom is 0.259 e. The van der Waals surface area contributed by atoms with Gasteiger partial charge >= 0.3 is 0 Å². The lowest BCUT2D eigenvalue weighted by molar-refractivity contribution is 0.148. The summed E-state index contributed by atoms with van der Waals surface area (Å²) >= 11 is 5.10. The molecule has 0 aromatic heterocycles. The van der Waals surface area contributed by atoms with E-state index in [4.69, 9.17) is 21.7 Å². The number of likely N-dealkylation sites (N-methyl/N-ethyl adjacent to an activating group) is 1. The second-order valence-corrected chi connectivity index (χ2v) is 4.02. The van der Waals surface area contributed by atoms with Gasteiger partial charge < -0.3 is 14.4 Å². The molecule has 1 aliphatic heterocycles. The molecule has 1 aromatic carbocycles. The van der Waals surface area contributed by atoms with Gasteiger partial charge in [0.05, 0.1) is 6.54 Å². The van der Waals surface area contributed by atoms with Crippen LogP contribution in [0.25, 0.3) is 0 Å². The van der Waals surface area contributed by atoms with Crippen LogP contribution in [0.3, 0.4) is 0 Å². The molecule has 0 N–H and O–H groups in total. The highest BCUT2D eigenvalue weighted by molar-refractivity contribution is 7.80. The Labute approximate surface area is 101 Å². The van der Waals surface area contributed by atoms with Crippen molar-refractivity contribution in [2.24, 2.45) is 0 Å². The van der Waals surface area contributed by atoms with E-state index in [2.05, 4.69) is 6.92 Å². The molecule has 1 unspecified atom stereocenters. The summed E-state index contributed by atoms with van der Waals surface area (Å²) in [5.74, 6) is 0.868. The zero-order valence-corrected chi connectivity index (χ0v) is 10.1. The molecule has 0 aliphatic carbocycles. The third kappa shape index (κ3) is 2.64. The summed E-state index contributed by atoms with van der Waals surface area (Å²) in [7, 11) is 0. The van der Waals surface area contributed by atoms with E-state index in [-0.39, 0.29) is 6.10 Å². The van der Waals surface area contributed by atoms with Crippen LogP contribution in [0.1, 0.15) is 6.92 Å². The number of thiocarbonyl (C=S) groups is 1. The summed E-state index contributed by atoms with van der Waals surface area (Å²) in [6, 6.07) is 9.74. The molecule has 0 saturated carbocycles. The molecule has 0 bridgehead atoms. The highest BCUT2D eigenvalue weighted by Crippen LogP contribution is 2.14. The second-order valence-electron chi connectivity index (χ2n) is 3.67. The fourth-order valence-corrected chi connectivity index (χ4v) is 1.97. The Morgan fingerprint density at radius 3 is 2.81 bits per heavy atom. The molecule has 1 saturated heterocycles. The summed E-state index contributed by atoms with van der Waals surface area (Å²) in [6.07, 6.45) is 0.0488. The van der Waals surface area contributed by atoms with Gasteiger partial charge in [0.1, 0.15) is 12.4 Å². The highest BCUT2D eigenvalue weighted by Gasteiger charge is 2.27. The van der Waals surface area contributed by atoms with Crippen molar-refractivity contribution in [2.45, 2.75) is 13.0 Å². The fourth-order valence-electron chi connectivity index (χ4n) is 1.63. The molecule has 86 valence electrons. The Balaban J connectivity index is 1.82. The van der Waals surface area contributed by atoms with Crippen molar-refractivity contribution in [1.82, 2.24) is 4.90 Å². The zero-order valence-electron chi connectivity index (χ0n) is 9.26. The average molecular weight is 237 g/mol. The molecule has 4 heteroatoms. The number of benzene rings is 1. The highest BCUT2D eigenvalue weighted by atomic mass is 32.1. The third-order valence-electron chi connectivity index (χ3n) is 2.51. The number of rotatable bonds is 4. The lowest BCUT2D eigenvalue weighted by Crippen LogP contribution is -2.26. The van der Waals surface area contributed by atoms with Crippen LogP contribution in [0.4, 0.5) is 0 Å². The normalized spacial score (nSPS) is 19.7. The van der Waals surface area contributed by atoms with Crippen LogP contribution < -0.4 is 4.74 Å². The van der Waals surface area contributed by atoms with Gasteiger partial charge in [0.15, 0.2) is 6.10 Å². The summed E-state index contributed by atoms with van der Waals surface area (Å²) in [5, 5.41) is 0.587. The molecule has 1 aliphatic rings. The van der Waals surface area contributed by atoms with Crippen molar-refractivity contribution in [2.75, 3.05) is 19.7 Å². The van der Waals surface area contributed by atoms with E-state index in [0.29, 0.717) is 11.8 Å². The summed E-state index contributed by atoms with van der Waals surface area (Å²) in [6.45, 7) is 4.32. The van der Waals surface area contributed by atoms with E-state index in [1.807, 2.05) is 35.2 Å². The molecular weight excluding hydrogens is 222 g/mol. The summed E-state index contributed by atoms with van der Waals surface area (Å²) in [4.78, 5) is 2.04. The maximum atomic E-state index is 5.62. The van der Waals surface area contributed by atoms with Crippen molar-refractivity contribution in [3.8, 4) is 5.75 Å². The maximum absolute atomic E-state index is 5.62. The van der Waals surface area contributed by atoms with Crippen molar-refractivity contribution in [3.05, 3.63) is 30.3 Å². The lowest BCUT2D eigenvalue weighted by Gasteiger charge is -2.11. The molecule has 16 heavy (non-hydrogen) atoms. The fraction of sp³-hybridized carbons (Fsp3) is 0.417. The van der Waals surface area contributed by atoms with Gasteiger partial charge in [0.25, 0.3) is 5.17 Å². The van der Waals surface area contributed by atoms with E-state index in [0.717, 1.165) is 18.8 Å². The van der Waals surface area contributed by atoms with Crippen molar-refractivity contribution < 1.29 is 9.47 Å². The SMILES string of the molecule is CCN1CC(COc2ccccc2)OC1=S. The first-order chi connectivity index (χ1) is 7.79. The number of hydrogen-bond acceptors (Lipinski definition) is 3. The largest absolute Gasteiger partial charge is 0.490 e. The number of nitrogens with zero attached hydrogens (tertiary/aromatic N) is 1. The Morgan fingerprint density at radius 2 is 2.19 bits per heavy atom. The Kier molecular flexibility index (Phi) is 3.62. The van der Waals surface area contributed by atoms with Crippen molar-refractivity contribution in [3.63, 3.8) is 0 Å². The molecule has 1 atom stereocenters. The topological polar surface area (TPSA) is 21.7 Å². The van der Waals surface area contributed by atoms with Crippen LogP contribution in [0.15, 0.2) is 30.3 Å². The van der Waals surface area contributed by atoms with Gasteiger partial charge in [0.2, 0.25) is 0 Å². The predicted molar refractivity (Wildman–Crippen MR) is 66.7 cm³/mol. The monoisotopic (exact) mass is 237 g/mol. The minimum absolute atomic E-state index is 0.0488. The van der Waals surface area contributed by atoms with E-state index < -0.39 is 0 Å². The minimum atomic E-state index is 0.0488. The van der Waals surface area contributed by atoms with Crippen molar-refractivity contribution in [1.29, 1.82) is 0 Å². The summed E-state index contributed by atoms with van der Waals surface area (Å²) in [5.41, 5.74) is 0. The van der Waals surface area contributed by atoms with E-state index in [1.54, 1.807) is 0 Å². The quantitative estimate of drug-likeness (QED) is 0.747. The van der Waals surface area contributed by atoms with Gasteiger partial charge in [-0.15, -0.1) is 0 Å². The van der Waals surface area contributed by atoms with E-state index in [1.165, 1.54) is 0 Å². The lowest BCUT2D eigenvalue weighted by atomic mass is 10.3. The summed E-state index contributed by atoms with van der Waals surface area (Å²) < 4.78 is 11.1. The van der Waals surface area contributed by atoms with Gasteiger partial charge in [-0.05, 0) is 31.3 Å². The third-order valence-corrected chi connectivity index (χ3v) is 2.86. The first-order valence-electron chi connectivity index (χ1n) is 5.43. The number of hydrogen-bond donors (Lipinski definition) is 0. The van der Waals surface area contributed by atoms with Crippen LogP contribution >= 0.6 is 12.2 Å².